The van der Waals surface area contributed by atoms with Crippen molar-refractivity contribution in [2.75, 3.05) is 6.61 Å². The van der Waals surface area contributed by atoms with Crippen molar-refractivity contribution in [3.63, 3.8) is 0 Å². The fourth-order valence-electron chi connectivity index (χ4n) is 6.49. The average Bonchev–Trinajstić information content (AvgIpc) is 3.25. The summed E-state index contributed by atoms with van der Waals surface area (Å²) in [7, 11) is 0. The summed E-state index contributed by atoms with van der Waals surface area (Å²) in [6.45, 7) is 0.199. The molecule has 4 aliphatic carbocycles. The summed E-state index contributed by atoms with van der Waals surface area (Å²) >= 11 is 0. The molecule has 7 nitrogen and oxygen atoms in total. The number of fused-ring (bicyclic) bond motifs is 4. The molecule has 182 valence electrons. The Morgan fingerprint density at radius 1 is 1.00 bits per heavy atom. The highest BCUT2D eigenvalue weighted by atomic mass is 16.5. The van der Waals surface area contributed by atoms with Crippen LogP contribution in [0.5, 0.6) is 0 Å². The predicted molar refractivity (Wildman–Crippen MR) is 129 cm³/mol. The van der Waals surface area contributed by atoms with Crippen molar-refractivity contribution in [1.29, 1.82) is 0 Å². The van der Waals surface area contributed by atoms with Gasteiger partial charge in [-0.2, -0.15) is 0 Å². The Kier molecular flexibility index (Phi) is 5.31. The van der Waals surface area contributed by atoms with E-state index in [0.29, 0.717) is 19.3 Å². The lowest BCUT2D eigenvalue weighted by molar-refractivity contribution is -0.144. The van der Waals surface area contributed by atoms with Gasteiger partial charge in [-0.3, -0.25) is 9.59 Å². The third kappa shape index (κ3) is 3.77. The van der Waals surface area contributed by atoms with E-state index < -0.39 is 23.5 Å². The number of rotatable bonds is 7. The van der Waals surface area contributed by atoms with E-state index in [1.807, 2.05) is 24.3 Å². The van der Waals surface area contributed by atoms with Crippen LogP contribution in [0.25, 0.3) is 11.1 Å². The van der Waals surface area contributed by atoms with Gasteiger partial charge in [0.15, 0.2) is 0 Å². The van der Waals surface area contributed by atoms with Crippen molar-refractivity contribution in [1.82, 2.24) is 10.6 Å². The van der Waals surface area contributed by atoms with Gasteiger partial charge in [0.05, 0.1) is 5.41 Å². The second kappa shape index (κ2) is 8.40. The summed E-state index contributed by atoms with van der Waals surface area (Å²) in [5.41, 5.74) is 3.96. The number of amides is 2. The largest absolute Gasteiger partial charge is 0.481 e. The van der Waals surface area contributed by atoms with Crippen LogP contribution in [0.1, 0.15) is 55.6 Å². The lowest BCUT2D eigenvalue weighted by atomic mass is 9.79. The number of carboxylic acids is 1. The van der Waals surface area contributed by atoms with Gasteiger partial charge >= 0.3 is 12.1 Å². The van der Waals surface area contributed by atoms with Gasteiger partial charge in [-0.25, -0.2) is 4.79 Å². The highest BCUT2D eigenvalue weighted by molar-refractivity contribution is 5.87. The molecule has 0 saturated heterocycles. The highest BCUT2D eigenvalue weighted by Gasteiger charge is 2.65. The lowest BCUT2D eigenvalue weighted by Crippen LogP contribution is -2.54. The molecule has 3 fully saturated rings. The van der Waals surface area contributed by atoms with Crippen molar-refractivity contribution >= 4 is 18.0 Å². The number of carboxylic acid groups (broad SMARTS) is 1. The van der Waals surface area contributed by atoms with E-state index in [9.17, 15) is 19.5 Å². The monoisotopic (exact) mass is 474 g/mol. The molecule has 0 spiro atoms. The maximum absolute atomic E-state index is 13.1. The number of hydrogen-bond acceptors (Lipinski definition) is 4. The highest BCUT2D eigenvalue weighted by Crippen LogP contribution is 2.63. The number of hydrogen-bond donors (Lipinski definition) is 3. The van der Waals surface area contributed by atoms with Gasteiger partial charge in [0.1, 0.15) is 12.6 Å². The normalized spacial score (nSPS) is 27.1. The summed E-state index contributed by atoms with van der Waals surface area (Å²) in [4.78, 5) is 37.5. The molecule has 2 amide bonds. The molecule has 0 bridgehead atoms. The van der Waals surface area contributed by atoms with Crippen LogP contribution in [-0.4, -0.2) is 41.8 Å². The number of ether oxygens (including phenoxy) is 1. The van der Waals surface area contributed by atoms with Crippen molar-refractivity contribution in [3.8, 4) is 11.1 Å². The van der Waals surface area contributed by atoms with Crippen LogP contribution in [0.2, 0.25) is 0 Å². The van der Waals surface area contributed by atoms with Crippen LogP contribution in [0.15, 0.2) is 48.5 Å². The van der Waals surface area contributed by atoms with Gasteiger partial charge in [0.25, 0.3) is 0 Å². The van der Waals surface area contributed by atoms with Crippen LogP contribution in [0, 0.1) is 17.3 Å². The summed E-state index contributed by atoms with van der Waals surface area (Å²) in [6, 6.07) is 15.5. The Hall–Kier alpha value is -3.35. The Labute approximate surface area is 204 Å². The number of aliphatic carboxylic acids is 1. The Morgan fingerprint density at radius 2 is 1.66 bits per heavy atom. The van der Waals surface area contributed by atoms with E-state index in [0.717, 1.165) is 41.5 Å². The number of alkyl carbamates (subject to hydrolysis) is 1. The number of nitrogens with one attached hydrogen (secondary N) is 2. The van der Waals surface area contributed by atoms with Gasteiger partial charge in [-0.1, -0.05) is 55.0 Å². The quantitative estimate of drug-likeness (QED) is 0.561. The molecule has 0 aliphatic heterocycles. The first-order valence-corrected chi connectivity index (χ1v) is 12.6. The first-order valence-electron chi connectivity index (χ1n) is 12.6. The van der Waals surface area contributed by atoms with Crippen molar-refractivity contribution in [2.24, 2.45) is 17.3 Å². The van der Waals surface area contributed by atoms with Crippen LogP contribution < -0.4 is 10.6 Å². The summed E-state index contributed by atoms with van der Waals surface area (Å²) in [5, 5.41) is 15.4. The minimum atomic E-state index is -0.758. The van der Waals surface area contributed by atoms with Crippen molar-refractivity contribution in [3.05, 3.63) is 59.7 Å². The molecule has 35 heavy (non-hydrogen) atoms. The zero-order valence-corrected chi connectivity index (χ0v) is 19.5. The van der Waals surface area contributed by atoms with Gasteiger partial charge in [-0.05, 0) is 66.2 Å². The summed E-state index contributed by atoms with van der Waals surface area (Å²) < 4.78 is 5.67. The molecule has 1 unspecified atom stereocenters. The summed E-state index contributed by atoms with van der Waals surface area (Å²) in [5.74, 6) is -0.787. The maximum Gasteiger partial charge on any atom is 0.407 e. The molecular formula is C28H30N2O5. The minimum Gasteiger partial charge on any atom is -0.481 e. The summed E-state index contributed by atoms with van der Waals surface area (Å²) in [6.07, 6.45) is 4.09. The van der Waals surface area contributed by atoms with Gasteiger partial charge in [0.2, 0.25) is 5.91 Å². The van der Waals surface area contributed by atoms with Crippen LogP contribution >= 0.6 is 0 Å². The molecule has 2 aromatic rings. The number of carbonyl (C=O) groups is 3. The van der Waals surface area contributed by atoms with Crippen molar-refractivity contribution < 1.29 is 24.2 Å². The molecule has 3 N–H and O–H groups in total. The van der Waals surface area contributed by atoms with E-state index in [4.69, 9.17) is 4.74 Å². The zero-order chi connectivity index (χ0) is 24.2. The minimum absolute atomic E-state index is 0.0402. The van der Waals surface area contributed by atoms with E-state index in [1.54, 1.807) is 0 Å². The van der Waals surface area contributed by atoms with Crippen LogP contribution in [0.4, 0.5) is 4.79 Å². The molecule has 0 radical (unpaired) electrons. The maximum atomic E-state index is 13.1. The molecule has 3 saturated carbocycles. The molecule has 0 heterocycles. The van der Waals surface area contributed by atoms with Crippen LogP contribution in [-0.2, 0) is 14.3 Å². The molecule has 4 atom stereocenters. The molecule has 0 aromatic heterocycles. The van der Waals surface area contributed by atoms with E-state index in [-0.39, 0.29) is 36.3 Å². The first kappa shape index (κ1) is 22.1. The lowest BCUT2D eigenvalue weighted by Gasteiger charge is -2.34. The Balaban J connectivity index is 1.09. The topological polar surface area (TPSA) is 105 Å². The number of carbonyl (C=O) groups excluding carboxylic acids is 2. The van der Waals surface area contributed by atoms with E-state index >= 15 is 0 Å². The fourth-order valence-corrected chi connectivity index (χ4v) is 6.49. The predicted octanol–water partition coefficient (Wildman–Crippen LogP) is 4.06. The molecular weight excluding hydrogens is 444 g/mol. The molecule has 2 aromatic carbocycles. The second-order valence-corrected chi connectivity index (χ2v) is 10.6. The average molecular weight is 475 g/mol. The zero-order valence-electron chi connectivity index (χ0n) is 19.5. The van der Waals surface area contributed by atoms with Gasteiger partial charge in [-0.15, -0.1) is 0 Å². The first-order chi connectivity index (χ1) is 17.0. The van der Waals surface area contributed by atoms with Gasteiger partial charge < -0.3 is 20.5 Å². The smallest absolute Gasteiger partial charge is 0.407 e. The van der Waals surface area contributed by atoms with E-state index in [1.165, 1.54) is 0 Å². The number of benzene rings is 2. The SMILES string of the molecule is O=C(NC(C(=O)N[C@@H]1C[C@H]2C[C@@]2(C(=O)O)C1)C1CCC1)OCC1c2ccccc2-c2ccccc21. The van der Waals surface area contributed by atoms with Crippen molar-refractivity contribution in [2.45, 2.75) is 56.5 Å². The third-order valence-electron chi connectivity index (χ3n) is 8.70. The Morgan fingerprint density at radius 3 is 2.23 bits per heavy atom. The Bertz CT molecular complexity index is 1150. The standard InChI is InChI=1S/C28H30N2O5/c31-25(29-18-12-17-13-28(17,14-18)26(32)33)24(16-6-5-7-16)30-27(34)35-15-23-21-10-3-1-8-19(21)20-9-2-4-11-22(20)23/h1-4,8-11,16-18,23-24H,5-7,12-15H2,(H,29,31)(H,30,34)(H,32,33)/t17-,18+,24?,28+/m0/s1. The fraction of sp³-hybridized carbons (Fsp3) is 0.464. The molecule has 4 aliphatic rings. The van der Waals surface area contributed by atoms with Crippen LogP contribution in [0.3, 0.4) is 0 Å². The third-order valence-corrected chi connectivity index (χ3v) is 8.70. The van der Waals surface area contributed by atoms with Gasteiger partial charge in [0, 0.05) is 12.0 Å². The second-order valence-electron chi connectivity index (χ2n) is 10.6. The molecule has 7 heteroatoms. The van der Waals surface area contributed by atoms with E-state index in [2.05, 4.69) is 34.9 Å². The molecule has 6 rings (SSSR count).